The zero-order valence-corrected chi connectivity index (χ0v) is 10.2. The fourth-order valence-electron chi connectivity index (χ4n) is 1.33. The maximum absolute atomic E-state index is 12.0. The maximum atomic E-state index is 12.0. The number of benzene rings is 1. The summed E-state index contributed by atoms with van der Waals surface area (Å²) in [7, 11) is 1.53. The van der Waals surface area contributed by atoms with Gasteiger partial charge in [0.25, 0.3) is 5.91 Å². The van der Waals surface area contributed by atoms with E-state index < -0.39 is 24.7 Å². The molecule has 4 nitrogen and oxygen atoms in total. The summed E-state index contributed by atoms with van der Waals surface area (Å²) >= 11 is 0. The lowest BCUT2D eigenvalue weighted by molar-refractivity contribution is -0.201. The number of alkyl halides is 3. The van der Waals surface area contributed by atoms with E-state index in [1.54, 1.807) is 12.1 Å². The molecule has 1 unspecified atom stereocenters. The second-order valence-corrected chi connectivity index (χ2v) is 3.90. The Bertz CT molecular complexity index is 417. The van der Waals surface area contributed by atoms with Gasteiger partial charge in [-0.2, -0.15) is 13.2 Å². The van der Waals surface area contributed by atoms with Gasteiger partial charge in [0.15, 0.2) is 6.10 Å². The molecule has 0 heterocycles. The molecule has 0 radical (unpaired) electrons. The Morgan fingerprint density at radius 3 is 2.42 bits per heavy atom. The van der Waals surface area contributed by atoms with Crippen molar-refractivity contribution >= 4 is 5.91 Å². The molecule has 1 aromatic carbocycles. The van der Waals surface area contributed by atoms with Crippen LogP contribution >= 0.6 is 0 Å². The molecule has 0 aliphatic heterocycles. The Hall–Kier alpha value is -1.60. The third kappa shape index (κ3) is 4.88. The van der Waals surface area contributed by atoms with Crippen LogP contribution < -0.4 is 5.32 Å². The van der Waals surface area contributed by atoms with Gasteiger partial charge in [-0.15, -0.1) is 0 Å². The van der Waals surface area contributed by atoms with Crippen LogP contribution in [0.1, 0.15) is 15.9 Å². The number of rotatable bonds is 5. The standard InChI is InChI=1S/C12H14F3NO3/c1-19-7-8-2-4-9(5-3-8)11(18)16-6-10(17)12(13,14)15/h2-5,10,17H,6-7H2,1H3,(H,16,18). The molecule has 1 atom stereocenters. The topological polar surface area (TPSA) is 58.6 Å². The summed E-state index contributed by atoms with van der Waals surface area (Å²) in [6.45, 7) is -0.489. The first kappa shape index (κ1) is 15.5. The van der Waals surface area contributed by atoms with Gasteiger partial charge in [-0.1, -0.05) is 12.1 Å². The molecule has 0 saturated heterocycles. The summed E-state index contributed by atoms with van der Waals surface area (Å²) in [6.07, 6.45) is -7.31. The number of halogens is 3. The van der Waals surface area contributed by atoms with E-state index in [0.29, 0.717) is 6.61 Å². The Balaban J connectivity index is 2.54. The van der Waals surface area contributed by atoms with Gasteiger partial charge >= 0.3 is 6.18 Å². The SMILES string of the molecule is COCc1ccc(C(=O)NCC(O)C(F)(F)F)cc1. The van der Waals surface area contributed by atoms with Gasteiger partial charge in [0.2, 0.25) is 0 Å². The third-order valence-electron chi connectivity index (χ3n) is 2.36. The highest BCUT2D eigenvalue weighted by Gasteiger charge is 2.38. The van der Waals surface area contributed by atoms with Crippen LogP contribution in [-0.4, -0.2) is 36.9 Å². The van der Waals surface area contributed by atoms with Crippen molar-refractivity contribution in [1.29, 1.82) is 0 Å². The van der Waals surface area contributed by atoms with Crippen LogP contribution in [0.25, 0.3) is 0 Å². The van der Waals surface area contributed by atoms with Crippen LogP contribution in [0.4, 0.5) is 13.2 Å². The minimum Gasteiger partial charge on any atom is -0.382 e. The van der Waals surface area contributed by atoms with E-state index in [4.69, 9.17) is 9.84 Å². The number of hydrogen-bond acceptors (Lipinski definition) is 3. The van der Waals surface area contributed by atoms with Crippen LogP contribution in [0.2, 0.25) is 0 Å². The van der Waals surface area contributed by atoms with Crippen LogP contribution in [0.15, 0.2) is 24.3 Å². The zero-order valence-electron chi connectivity index (χ0n) is 10.2. The highest BCUT2D eigenvalue weighted by atomic mass is 19.4. The zero-order chi connectivity index (χ0) is 14.5. The second-order valence-electron chi connectivity index (χ2n) is 3.90. The van der Waals surface area contributed by atoms with E-state index in [1.807, 2.05) is 5.32 Å². The minimum atomic E-state index is -4.74. The van der Waals surface area contributed by atoms with Crippen molar-refractivity contribution in [3.8, 4) is 0 Å². The molecule has 0 bridgehead atoms. The van der Waals surface area contributed by atoms with Gasteiger partial charge in [0.05, 0.1) is 13.2 Å². The van der Waals surface area contributed by atoms with E-state index in [1.165, 1.54) is 19.2 Å². The summed E-state index contributed by atoms with van der Waals surface area (Å²) in [6, 6.07) is 6.23. The number of methoxy groups -OCH3 is 1. The Morgan fingerprint density at radius 2 is 1.95 bits per heavy atom. The number of amides is 1. The number of aliphatic hydroxyl groups is 1. The molecule has 7 heteroatoms. The number of carbonyl (C=O) groups excluding carboxylic acids is 1. The van der Waals surface area contributed by atoms with Crippen LogP contribution in [-0.2, 0) is 11.3 Å². The molecule has 0 aromatic heterocycles. The van der Waals surface area contributed by atoms with Gasteiger partial charge in [0.1, 0.15) is 0 Å². The molecular weight excluding hydrogens is 263 g/mol. The molecule has 0 aliphatic carbocycles. The van der Waals surface area contributed by atoms with Gasteiger partial charge in [-0.25, -0.2) is 0 Å². The van der Waals surface area contributed by atoms with Crippen LogP contribution in [0.5, 0.6) is 0 Å². The Labute approximate surface area is 108 Å². The Morgan fingerprint density at radius 1 is 1.37 bits per heavy atom. The lowest BCUT2D eigenvalue weighted by Gasteiger charge is -2.15. The molecule has 19 heavy (non-hydrogen) atoms. The molecule has 106 valence electrons. The molecule has 1 rings (SSSR count). The van der Waals surface area contributed by atoms with Gasteiger partial charge in [0, 0.05) is 12.7 Å². The molecule has 0 saturated carbocycles. The second kappa shape index (κ2) is 6.53. The highest BCUT2D eigenvalue weighted by Crippen LogP contribution is 2.19. The number of carbonyl (C=O) groups is 1. The van der Waals surface area contributed by atoms with Crippen molar-refractivity contribution < 1.29 is 27.8 Å². The summed E-state index contributed by atoms with van der Waals surface area (Å²) in [4.78, 5) is 11.5. The molecule has 2 N–H and O–H groups in total. The molecule has 0 aliphatic rings. The van der Waals surface area contributed by atoms with Gasteiger partial charge < -0.3 is 15.2 Å². The van der Waals surface area contributed by atoms with E-state index in [-0.39, 0.29) is 5.56 Å². The van der Waals surface area contributed by atoms with E-state index >= 15 is 0 Å². The largest absolute Gasteiger partial charge is 0.416 e. The van der Waals surface area contributed by atoms with Gasteiger partial charge in [-0.3, -0.25) is 4.79 Å². The van der Waals surface area contributed by atoms with Gasteiger partial charge in [-0.05, 0) is 17.7 Å². The van der Waals surface area contributed by atoms with Crippen molar-refractivity contribution in [2.75, 3.05) is 13.7 Å². The molecule has 0 fully saturated rings. The minimum absolute atomic E-state index is 0.217. The highest BCUT2D eigenvalue weighted by molar-refractivity contribution is 5.94. The quantitative estimate of drug-likeness (QED) is 0.857. The van der Waals surface area contributed by atoms with Crippen LogP contribution in [0, 0.1) is 0 Å². The van der Waals surface area contributed by atoms with Crippen molar-refractivity contribution in [3.63, 3.8) is 0 Å². The van der Waals surface area contributed by atoms with Crippen LogP contribution in [0.3, 0.4) is 0 Å². The van der Waals surface area contributed by atoms with Crippen molar-refractivity contribution in [1.82, 2.24) is 5.32 Å². The third-order valence-corrected chi connectivity index (χ3v) is 2.36. The molecule has 0 spiro atoms. The number of hydrogen-bond donors (Lipinski definition) is 2. The average Bonchev–Trinajstić information content (AvgIpc) is 2.35. The average molecular weight is 277 g/mol. The lowest BCUT2D eigenvalue weighted by atomic mass is 10.1. The number of aliphatic hydroxyl groups excluding tert-OH is 1. The first-order valence-corrected chi connectivity index (χ1v) is 5.45. The summed E-state index contributed by atoms with van der Waals surface area (Å²) in [5, 5.41) is 10.8. The fraction of sp³-hybridized carbons (Fsp3) is 0.417. The molecule has 1 aromatic rings. The monoisotopic (exact) mass is 277 g/mol. The summed E-state index contributed by atoms with van der Waals surface area (Å²) in [5.41, 5.74) is 1.06. The number of ether oxygens (including phenoxy) is 1. The smallest absolute Gasteiger partial charge is 0.382 e. The van der Waals surface area contributed by atoms with Crippen molar-refractivity contribution in [2.45, 2.75) is 18.9 Å². The summed E-state index contributed by atoms with van der Waals surface area (Å²) in [5.74, 6) is -0.674. The molecular formula is C12H14F3NO3. The predicted molar refractivity (Wildman–Crippen MR) is 61.6 cm³/mol. The van der Waals surface area contributed by atoms with Crippen molar-refractivity contribution in [3.05, 3.63) is 35.4 Å². The van der Waals surface area contributed by atoms with Crippen molar-refractivity contribution in [2.24, 2.45) is 0 Å². The molecule has 1 amide bonds. The Kier molecular flexibility index (Phi) is 5.31. The normalized spacial score (nSPS) is 13.1. The summed E-state index contributed by atoms with van der Waals surface area (Å²) < 4.78 is 41.0. The van der Waals surface area contributed by atoms with E-state index in [0.717, 1.165) is 5.56 Å². The lowest BCUT2D eigenvalue weighted by Crippen LogP contribution is -2.40. The first-order chi connectivity index (χ1) is 8.84. The predicted octanol–water partition coefficient (Wildman–Crippen LogP) is 1.49. The maximum Gasteiger partial charge on any atom is 0.416 e. The first-order valence-electron chi connectivity index (χ1n) is 5.45. The number of nitrogens with one attached hydrogen (secondary N) is 1. The van der Waals surface area contributed by atoms with E-state index in [2.05, 4.69) is 0 Å². The van der Waals surface area contributed by atoms with E-state index in [9.17, 15) is 18.0 Å². The fourth-order valence-corrected chi connectivity index (χ4v) is 1.33.